The molecule has 0 radical (unpaired) electrons. The second-order valence-electron chi connectivity index (χ2n) is 5.87. The maximum absolute atomic E-state index is 11.7. The smallest absolute Gasteiger partial charge is 0.413 e. The van der Waals surface area contributed by atoms with Crippen LogP contribution < -0.4 is 5.32 Å². The zero-order valence-electron chi connectivity index (χ0n) is 12.8. The largest absolute Gasteiger partial charge is 0.481 e. The molecule has 0 saturated carbocycles. The Labute approximate surface area is 124 Å². The van der Waals surface area contributed by atoms with Crippen molar-refractivity contribution in [1.29, 1.82) is 0 Å². The molecule has 0 aliphatic carbocycles. The number of nitrogens with one attached hydrogen (secondary N) is 1. The van der Waals surface area contributed by atoms with Gasteiger partial charge in [-0.3, -0.25) is 19.8 Å². The summed E-state index contributed by atoms with van der Waals surface area (Å²) in [5.74, 6) is -1.27. The molecule has 1 saturated heterocycles. The van der Waals surface area contributed by atoms with Crippen LogP contribution in [0.25, 0.3) is 0 Å². The first-order chi connectivity index (χ1) is 9.77. The van der Waals surface area contributed by atoms with E-state index >= 15 is 0 Å². The lowest BCUT2D eigenvalue weighted by atomic mass is 9.74. The Morgan fingerprint density at radius 1 is 1.38 bits per heavy atom. The maximum atomic E-state index is 11.7. The molecule has 0 aromatic heterocycles. The van der Waals surface area contributed by atoms with Gasteiger partial charge in [0.1, 0.15) is 0 Å². The summed E-state index contributed by atoms with van der Waals surface area (Å²) in [5, 5.41) is 11.4. The number of imide groups is 1. The van der Waals surface area contributed by atoms with E-state index in [0.29, 0.717) is 6.54 Å². The molecule has 1 aliphatic rings. The van der Waals surface area contributed by atoms with Crippen molar-refractivity contribution in [3.8, 4) is 0 Å². The molecule has 21 heavy (non-hydrogen) atoms. The Hall–Kier alpha value is -1.63. The molecular formula is C14H24N2O5. The van der Waals surface area contributed by atoms with Gasteiger partial charge < -0.3 is 9.84 Å². The molecule has 1 unspecified atom stereocenters. The highest BCUT2D eigenvalue weighted by Gasteiger charge is 2.39. The predicted octanol–water partition coefficient (Wildman–Crippen LogP) is 1.08. The molecular weight excluding hydrogens is 276 g/mol. The van der Waals surface area contributed by atoms with Crippen molar-refractivity contribution in [2.75, 3.05) is 26.2 Å². The number of ether oxygens (including phenoxy) is 1. The summed E-state index contributed by atoms with van der Waals surface area (Å²) < 4.78 is 4.64. The van der Waals surface area contributed by atoms with Gasteiger partial charge >= 0.3 is 12.1 Å². The number of hydrogen-bond donors (Lipinski definition) is 2. The van der Waals surface area contributed by atoms with E-state index in [2.05, 4.69) is 10.1 Å². The molecule has 120 valence electrons. The Kier molecular flexibility index (Phi) is 6.14. The van der Waals surface area contributed by atoms with E-state index < -0.39 is 23.4 Å². The lowest BCUT2D eigenvalue weighted by molar-refractivity contribution is -0.151. The number of amides is 2. The highest BCUT2D eigenvalue weighted by molar-refractivity contribution is 5.92. The van der Waals surface area contributed by atoms with Gasteiger partial charge in [-0.1, -0.05) is 0 Å². The van der Waals surface area contributed by atoms with E-state index in [1.165, 1.54) is 0 Å². The van der Waals surface area contributed by atoms with Gasteiger partial charge in [0.15, 0.2) is 0 Å². The average molecular weight is 300 g/mol. The van der Waals surface area contributed by atoms with Crippen molar-refractivity contribution < 1.29 is 24.2 Å². The second kappa shape index (κ2) is 7.40. The van der Waals surface area contributed by atoms with E-state index in [0.717, 1.165) is 19.4 Å². The molecule has 0 bridgehead atoms. The molecule has 1 atom stereocenters. The fraction of sp³-hybridized carbons (Fsp3) is 0.786. The van der Waals surface area contributed by atoms with Crippen LogP contribution in [0.1, 0.15) is 33.6 Å². The fourth-order valence-electron chi connectivity index (χ4n) is 2.49. The molecule has 1 aliphatic heterocycles. The van der Waals surface area contributed by atoms with E-state index in [1.807, 2.05) is 4.90 Å². The summed E-state index contributed by atoms with van der Waals surface area (Å²) >= 11 is 0. The molecule has 7 nitrogen and oxygen atoms in total. The molecule has 0 aromatic carbocycles. The van der Waals surface area contributed by atoms with Crippen LogP contribution in [0.5, 0.6) is 0 Å². The predicted molar refractivity (Wildman–Crippen MR) is 75.7 cm³/mol. The van der Waals surface area contributed by atoms with Gasteiger partial charge in [-0.05, 0) is 46.1 Å². The Bertz CT molecular complexity index is 408. The van der Waals surface area contributed by atoms with Gasteiger partial charge in [0.05, 0.1) is 18.6 Å². The molecule has 1 heterocycles. The highest BCUT2D eigenvalue weighted by Crippen LogP contribution is 2.34. The van der Waals surface area contributed by atoms with Crippen molar-refractivity contribution in [3.63, 3.8) is 0 Å². The minimum absolute atomic E-state index is 0.0147. The van der Waals surface area contributed by atoms with Gasteiger partial charge in [-0.2, -0.15) is 0 Å². The summed E-state index contributed by atoms with van der Waals surface area (Å²) in [5.41, 5.74) is -0.823. The quantitative estimate of drug-likeness (QED) is 0.789. The number of piperidine rings is 1. The third-order valence-electron chi connectivity index (χ3n) is 3.96. The fourth-order valence-corrected chi connectivity index (χ4v) is 2.49. The first kappa shape index (κ1) is 17.4. The Morgan fingerprint density at radius 3 is 2.62 bits per heavy atom. The Morgan fingerprint density at radius 2 is 2.05 bits per heavy atom. The lowest BCUT2D eigenvalue weighted by Crippen LogP contribution is -2.48. The van der Waals surface area contributed by atoms with E-state index in [-0.39, 0.29) is 19.1 Å². The van der Waals surface area contributed by atoms with Gasteiger partial charge in [0.25, 0.3) is 0 Å². The number of hydrogen-bond acceptors (Lipinski definition) is 5. The summed E-state index contributed by atoms with van der Waals surface area (Å²) in [6.07, 6.45) is 0.922. The van der Waals surface area contributed by atoms with Crippen molar-refractivity contribution in [2.45, 2.75) is 33.6 Å². The number of alkyl carbamates (subject to hydrolysis) is 1. The number of carboxylic acid groups (broad SMARTS) is 1. The summed E-state index contributed by atoms with van der Waals surface area (Å²) in [6, 6.07) is 0. The van der Waals surface area contributed by atoms with Crippen LogP contribution in [0.3, 0.4) is 0 Å². The van der Waals surface area contributed by atoms with Gasteiger partial charge in [0, 0.05) is 6.54 Å². The molecule has 0 spiro atoms. The number of likely N-dealkylation sites (tertiary alicyclic amines) is 1. The van der Waals surface area contributed by atoms with E-state index in [9.17, 15) is 19.5 Å². The zero-order chi connectivity index (χ0) is 16.0. The van der Waals surface area contributed by atoms with Gasteiger partial charge in [0.2, 0.25) is 5.91 Å². The standard InChI is InChI=1S/C14H24N2O5/c1-4-21-13(20)15-11(17)9-16-7-5-6-10(8-16)14(2,3)12(18)19/h10H,4-9H2,1-3H3,(H,18,19)(H,15,17,20). The van der Waals surface area contributed by atoms with Crippen LogP contribution in [-0.2, 0) is 14.3 Å². The normalized spacial score (nSPS) is 19.9. The third kappa shape index (κ3) is 5.00. The van der Waals surface area contributed by atoms with Gasteiger partial charge in [-0.25, -0.2) is 4.79 Å². The maximum Gasteiger partial charge on any atom is 0.413 e. The zero-order valence-corrected chi connectivity index (χ0v) is 12.8. The van der Waals surface area contributed by atoms with Crippen LogP contribution in [-0.4, -0.2) is 54.2 Å². The van der Waals surface area contributed by atoms with E-state index in [4.69, 9.17) is 0 Å². The van der Waals surface area contributed by atoms with Gasteiger partial charge in [-0.15, -0.1) is 0 Å². The summed E-state index contributed by atoms with van der Waals surface area (Å²) in [6.45, 7) is 6.62. The molecule has 1 rings (SSSR count). The van der Waals surface area contributed by atoms with Crippen LogP contribution in [0.4, 0.5) is 4.79 Å². The minimum atomic E-state index is -0.828. The molecule has 2 N–H and O–H groups in total. The summed E-state index contributed by atoms with van der Waals surface area (Å²) in [7, 11) is 0. The van der Waals surface area contributed by atoms with Crippen LogP contribution >= 0.6 is 0 Å². The second-order valence-corrected chi connectivity index (χ2v) is 5.87. The van der Waals surface area contributed by atoms with Crippen LogP contribution in [0, 0.1) is 11.3 Å². The Balaban J connectivity index is 2.52. The molecule has 0 aromatic rings. The number of carboxylic acids is 1. The third-order valence-corrected chi connectivity index (χ3v) is 3.96. The number of aliphatic carboxylic acids is 1. The number of rotatable bonds is 5. The average Bonchev–Trinajstić information content (AvgIpc) is 2.38. The van der Waals surface area contributed by atoms with Crippen molar-refractivity contribution in [3.05, 3.63) is 0 Å². The van der Waals surface area contributed by atoms with Crippen molar-refractivity contribution >= 4 is 18.0 Å². The summed E-state index contributed by atoms with van der Waals surface area (Å²) in [4.78, 5) is 36.1. The monoisotopic (exact) mass is 300 g/mol. The van der Waals surface area contributed by atoms with Crippen LogP contribution in [0.2, 0.25) is 0 Å². The first-order valence-corrected chi connectivity index (χ1v) is 7.19. The lowest BCUT2D eigenvalue weighted by Gasteiger charge is -2.38. The van der Waals surface area contributed by atoms with Crippen LogP contribution in [0.15, 0.2) is 0 Å². The SMILES string of the molecule is CCOC(=O)NC(=O)CN1CCCC(C(C)(C)C(=O)O)C1. The highest BCUT2D eigenvalue weighted by atomic mass is 16.5. The van der Waals surface area contributed by atoms with Crippen molar-refractivity contribution in [1.82, 2.24) is 10.2 Å². The number of carbonyl (C=O) groups excluding carboxylic acids is 2. The van der Waals surface area contributed by atoms with E-state index in [1.54, 1.807) is 20.8 Å². The molecule has 7 heteroatoms. The topological polar surface area (TPSA) is 95.9 Å². The number of nitrogens with zero attached hydrogens (tertiary/aromatic N) is 1. The molecule has 1 fully saturated rings. The molecule has 2 amide bonds. The number of carbonyl (C=O) groups is 3. The minimum Gasteiger partial charge on any atom is -0.481 e. The first-order valence-electron chi connectivity index (χ1n) is 7.19. The van der Waals surface area contributed by atoms with Crippen molar-refractivity contribution in [2.24, 2.45) is 11.3 Å².